The van der Waals surface area contributed by atoms with Crippen molar-refractivity contribution < 1.29 is 48.7 Å². The number of hydrogen-bond donors (Lipinski definition) is 6. The summed E-state index contributed by atoms with van der Waals surface area (Å²) < 4.78 is 23.7. The van der Waals surface area contributed by atoms with Crippen LogP contribution in [0.25, 0.3) is 56.2 Å². The normalized spacial score (nSPS) is 10.6. The summed E-state index contributed by atoms with van der Waals surface area (Å²) in [5, 5.41) is 70.3. The number of nitrogens with two attached hydrogens (primary N) is 1. The lowest BCUT2D eigenvalue weighted by Gasteiger charge is -2.10. The highest BCUT2D eigenvalue weighted by molar-refractivity contribution is 5.98. The van der Waals surface area contributed by atoms with Gasteiger partial charge in [-0.05, 0) is 196 Å². The lowest BCUT2D eigenvalue weighted by Crippen LogP contribution is -2.31. The van der Waals surface area contributed by atoms with Crippen molar-refractivity contribution in [3.05, 3.63) is 305 Å². The lowest BCUT2D eigenvalue weighted by atomic mass is 10.1. The van der Waals surface area contributed by atoms with Crippen LogP contribution in [0.2, 0.25) is 0 Å². The molecule has 6 heterocycles. The van der Waals surface area contributed by atoms with Crippen LogP contribution in [-0.4, -0.2) is 139 Å². The van der Waals surface area contributed by atoms with Crippen LogP contribution in [0, 0.1) is 26.0 Å². The maximum Gasteiger partial charge on any atom is 0.335 e. The van der Waals surface area contributed by atoms with Crippen molar-refractivity contribution in [2.24, 2.45) is 0 Å². The second-order valence-corrected chi connectivity index (χ2v) is 21.6. The predicted molar refractivity (Wildman–Crippen MR) is 369 cm³/mol. The summed E-state index contributed by atoms with van der Waals surface area (Å²) in [6.07, 6.45) is 17.9. The number of nitro groups is 2. The van der Waals surface area contributed by atoms with Crippen molar-refractivity contribution in [3.63, 3.8) is 0 Å². The van der Waals surface area contributed by atoms with E-state index in [1.165, 1.54) is 12.1 Å². The number of imidazole rings is 2. The Kier molecular flexibility index (Phi) is 21.8. The zero-order valence-corrected chi connectivity index (χ0v) is 52.9. The van der Waals surface area contributed by atoms with Gasteiger partial charge in [0.25, 0.3) is 11.6 Å². The van der Waals surface area contributed by atoms with Crippen LogP contribution in [0.4, 0.5) is 32.8 Å². The minimum absolute atomic E-state index is 0.0816. The van der Waals surface area contributed by atoms with Gasteiger partial charge in [-0.2, -0.15) is 24.8 Å². The van der Waals surface area contributed by atoms with Gasteiger partial charge in [-0.3, -0.25) is 34.2 Å². The molecule has 0 fully saturated rings. The number of anilines is 3. The van der Waals surface area contributed by atoms with Gasteiger partial charge in [-0.15, -0.1) is 0 Å². The molecule has 0 spiro atoms. The summed E-state index contributed by atoms with van der Waals surface area (Å²) >= 11 is 0. The Balaban J connectivity index is 0.000000139. The second kappa shape index (κ2) is 31.8. The van der Waals surface area contributed by atoms with E-state index in [0.717, 1.165) is 81.1 Å². The molecule has 30 heteroatoms. The number of fused-ring (bicyclic) bond motifs is 2. The molecule has 0 saturated heterocycles. The highest BCUT2D eigenvalue weighted by atomic mass is 19.1. The smallest absolute Gasteiger partial charge is 0.335 e. The van der Waals surface area contributed by atoms with E-state index < -0.39 is 39.3 Å². The van der Waals surface area contributed by atoms with Gasteiger partial charge in [-0.25, -0.2) is 43.1 Å². The second-order valence-electron chi connectivity index (χ2n) is 21.6. The molecule has 0 bridgehead atoms. The first-order valence-electron chi connectivity index (χ1n) is 30.0. The summed E-state index contributed by atoms with van der Waals surface area (Å²) in [5.41, 5.74) is 15.5. The molecule has 6 aromatic heterocycles. The molecule has 7 N–H and O–H groups in total. The van der Waals surface area contributed by atoms with Crippen LogP contribution in [0.3, 0.4) is 0 Å². The molecule has 502 valence electrons. The molecule has 0 aliphatic carbocycles. The number of amides is 1. The van der Waals surface area contributed by atoms with E-state index in [4.69, 9.17) is 21.1 Å². The average molecular weight is 1350 g/mol. The van der Waals surface area contributed by atoms with Crippen LogP contribution in [0.15, 0.2) is 256 Å². The topological polar surface area (TPSA) is 375 Å². The van der Waals surface area contributed by atoms with Gasteiger partial charge in [0.2, 0.25) is 5.82 Å². The molecule has 0 saturated carbocycles. The first kappa shape index (κ1) is 68.6. The van der Waals surface area contributed by atoms with Crippen LogP contribution in [0.5, 0.6) is 0 Å². The van der Waals surface area contributed by atoms with Crippen LogP contribution in [0.1, 0.15) is 41.4 Å². The number of aromatic carboxylic acids is 3. The average Bonchev–Trinajstić information content (AvgIpc) is 1.63. The number of carboxylic acids is 3. The number of hydrogen-bond acceptors (Lipinski definition) is 17. The third-order valence-corrected chi connectivity index (χ3v) is 14.7. The quantitative estimate of drug-likeness (QED) is 0.0280. The van der Waals surface area contributed by atoms with Gasteiger partial charge >= 0.3 is 23.6 Å². The summed E-state index contributed by atoms with van der Waals surface area (Å²) in [6.45, 7) is 1.41. The van der Waals surface area contributed by atoms with Crippen LogP contribution < -0.4 is 16.4 Å². The Bertz CT molecular complexity index is 5120. The number of nitrogens with one attached hydrogen (secondary N) is 2. The lowest BCUT2D eigenvalue weighted by molar-refractivity contribution is -0.387. The SMILES string of the molecule is CN(C)CCNC(=O)c1ccc2c(c1)ncn2-c1ccc(-n2cccn2)cc1.Nc1ccc(-n2cccn2)cc1.O=C(O)c1ccc(F)c([N+](=O)[O-])c1.O=C(O)c1ccc(Nc2ccc(-n3cccn3)cc2)c([N+](=O)[O-])c1.O=C(O)c1ccc2c(c1)ncn2-c1ccc(-n2cccn2)cc1. The van der Waals surface area contributed by atoms with Crippen LogP contribution >= 0.6 is 0 Å². The van der Waals surface area contributed by atoms with E-state index in [1.807, 2.05) is 173 Å². The number of nitrogen functional groups attached to an aromatic ring is 1. The van der Waals surface area contributed by atoms with Crippen molar-refractivity contribution in [2.45, 2.75) is 0 Å². The molecule has 0 aliphatic heterocycles. The first-order chi connectivity index (χ1) is 48.3. The van der Waals surface area contributed by atoms with Gasteiger partial charge in [0.1, 0.15) is 18.3 Å². The number of aromatic nitrogens is 12. The fourth-order valence-electron chi connectivity index (χ4n) is 9.61. The summed E-state index contributed by atoms with van der Waals surface area (Å²) in [5.74, 6) is -4.63. The van der Waals surface area contributed by atoms with Crippen molar-refractivity contribution in [2.75, 3.05) is 38.2 Å². The van der Waals surface area contributed by atoms with Crippen molar-refractivity contribution in [1.29, 1.82) is 0 Å². The van der Waals surface area contributed by atoms with Gasteiger partial charge in [0.05, 0.1) is 71.4 Å². The van der Waals surface area contributed by atoms with Crippen LogP contribution in [-0.2, 0) is 0 Å². The Morgan fingerprint density at radius 3 is 1.27 bits per heavy atom. The monoisotopic (exact) mass is 1350 g/mol. The number of carbonyl (C=O) groups is 4. The summed E-state index contributed by atoms with van der Waals surface area (Å²) in [7, 11) is 3.96. The summed E-state index contributed by atoms with van der Waals surface area (Å²) in [6, 6.07) is 54.8. The largest absolute Gasteiger partial charge is 0.478 e. The third-order valence-electron chi connectivity index (χ3n) is 14.7. The van der Waals surface area contributed by atoms with Crippen molar-refractivity contribution in [3.8, 4) is 34.1 Å². The molecule has 100 heavy (non-hydrogen) atoms. The van der Waals surface area contributed by atoms with E-state index in [9.17, 15) is 43.8 Å². The number of carboxylic acid groups (broad SMARTS) is 3. The molecule has 14 aromatic rings. The fourth-order valence-corrected chi connectivity index (χ4v) is 9.61. The number of rotatable bonds is 17. The molecule has 0 atom stereocenters. The van der Waals surface area contributed by atoms with Gasteiger partial charge in [0.15, 0.2) is 0 Å². The van der Waals surface area contributed by atoms with E-state index in [0.29, 0.717) is 29.4 Å². The fraction of sp³-hybridized carbons (Fsp3) is 0.0571. The molecule has 0 aliphatic rings. The maximum absolute atomic E-state index is 12.6. The zero-order valence-electron chi connectivity index (χ0n) is 52.9. The Hall–Kier alpha value is -14.3. The Labute approximate surface area is 566 Å². The number of likely N-dealkylation sites (N-methyl/N-ethyl adjacent to an activating group) is 1. The van der Waals surface area contributed by atoms with E-state index >= 15 is 0 Å². The van der Waals surface area contributed by atoms with Crippen molar-refractivity contribution in [1.82, 2.24) is 68.4 Å². The van der Waals surface area contributed by atoms with Gasteiger partial charge in [0, 0.05) is 103 Å². The summed E-state index contributed by atoms with van der Waals surface area (Å²) in [4.78, 5) is 75.2. The maximum atomic E-state index is 12.6. The molecular formula is C70H59FN18O11. The number of halogens is 1. The van der Waals surface area contributed by atoms with Gasteiger partial charge in [-0.1, -0.05) is 0 Å². The first-order valence-corrected chi connectivity index (χ1v) is 30.0. The number of benzene rings is 8. The van der Waals surface area contributed by atoms with E-state index in [2.05, 4.69) is 41.0 Å². The standard InChI is InChI=1S/C21H22N6O.C17H12N4O2.C16H12N4O4.C9H9N3.C7H4FNO4/c1-25(2)13-11-22-21(28)16-4-9-20-19(14-16)23-15-26(20)17-5-7-18(8-6-17)27-12-3-10-24-27;22-17(23)12-2-7-16-15(10-12)18-11-20(16)13-3-5-14(6-4-13)21-9-1-8-19-21;21-16(22)11-2-7-14(15(10-11)20(23)24)18-12-3-5-13(6-4-12)19-9-1-8-17-19;10-8-2-4-9(5-3-8)12-7-1-6-11-12;8-5-2-1-4(7(10)11)3-6(5)9(12)13/h3-10,12,14-15H,11,13H2,1-2H3,(H,22,28);1-11H,(H,22,23);1-10,18H,(H,21,22);1-7H,10H2;1-3H,(H,10,11). The zero-order chi connectivity index (χ0) is 70.8. The highest BCUT2D eigenvalue weighted by Gasteiger charge is 2.19. The van der Waals surface area contributed by atoms with E-state index in [-0.39, 0.29) is 34.0 Å². The predicted octanol–water partition coefficient (Wildman–Crippen LogP) is 11.5. The molecular weight excluding hydrogens is 1290 g/mol. The Morgan fingerprint density at radius 2 is 0.860 bits per heavy atom. The van der Waals surface area contributed by atoms with Crippen molar-refractivity contribution >= 4 is 74.3 Å². The van der Waals surface area contributed by atoms with E-state index in [1.54, 1.807) is 94.1 Å². The Morgan fingerprint density at radius 1 is 0.490 bits per heavy atom. The van der Waals surface area contributed by atoms with Gasteiger partial charge < -0.3 is 36.6 Å². The molecule has 0 unspecified atom stereocenters. The number of nitrogens with zero attached hydrogens (tertiary/aromatic N) is 15. The number of nitro benzene ring substituents is 2. The number of carbonyl (C=O) groups excluding carboxylic acids is 1. The minimum atomic E-state index is -1.33. The molecule has 0 radical (unpaired) electrons. The molecule has 8 aromatic carbocycles. The third kappa shape index (κ3) is 17.3. The minimum Gasteiger partial charge on any atom is -0.478 e. The molecule has 29 nitrogen and oxygen atoms in total. The molecule has 14 rings (SSSR count). The highest BCUT2D eigenvalue weighted by Crippen LogP contribution is 2.30. The molecule has 1 amide bonds.